The number of hydrogen-bond acceptors (Lipinski definition) is 4. The van der Waals surface area contributed by atoms with Crippen molar-refractivity contribution in [2.24, 2.45) is 11.1 Å². The second-order valence-corrected chi connectivity index (χ2v) is 5.13. The predicted molar refractivity (Wildman–Crippen MR) is 54.7 cm³/mol. The minimum atomic E-state index is -1.17. The van der Waals surface area contributed by atoms with Gasteiger partial charge >= 0.3 is 5.97 Å². The lowest BCUT2D eigenvalue weighted by molar-refractivity contribution is -0.171. The molecule has 0 heterocycles. The maximum atomic E-state index is 11.4. The average molecular weight is 203 g/mol. The third kappa shape index (κ3) is 4.07. The molecule has 1 unspecified atom stereocenters. The van der Waals surface area contributed by atoms with Crippen LogP contribution in [0.4, 0.5) is 0 Å². The van der Waals surface area contributed by atoms with Gasteiger partial charge in [0.15, 0.2) is 6.10 Å². The van der Waals surface area contributed by atoms with Crippen LogP contribution in [0.15, 0.2) is 0 Å². The van der Waals surface area contributed by atoms with Crippen molar-refractivity contribution in [1.29, 1.82) is 0 Å². The molecule has 0 aromatic carbocycles. The molecule has 4 heteroatoms. The minimum Gasteiger partial charge on any atom is -0.458 e. The highest BCUT2D eigenvalue weighted by atomic mass is 16.6. The molecule has 0 aliphatic rings. The monoisotopic (exact) mass is 203 g/mol. The first kappa shape index (κ1) is 13.4. The first-order valence-corrected chi connectivity index (χ1v) is 4.71. The Morgan fingerprint density at radius 3 is 2.07 bits per heavy atom. The van der Waals surface area contributed by atoms with E-state index in [1.54, 1.807) is 34.6 Å². The van der Waals surface area contributed by atoms with Crippen molar-refractivity contribution in [3.8, 4) is 0 Å². The third-order valence-corrected chi connectivity index (χ3v) is 1.90. The van der Waals surface area contributed by atoms with E-state index in [1.807, 2.05) is 0 Å². The molecule has 0 amide bonds. The number of carbonyl (C=O) groups excluding carboxylic acids is 1. The van der Waals surface area contributed by atoms with Gasteiger partial charge in [0.1, 0.15) is 5.60 Å². The fraction of sp³-hybridized carbons (Fsp3) is 0.900. The number of aliphatic hydroxyl groups is 1. The van der Waals surface area contributed by atoms with Crippen molar-refractivity contribution in [1.82, 2.24) is 0 Å². The van der Waals surface area contributed by atoms with Crippen molar-refractivity contribution in [3.63, 3.8) is 0 Å². The summed E-state index contributed by atoms with van der Waals surface area (Å²) < 4.78 is 5.04. The van der Waals surface area contributed by atoms with Gasteiger partial charge in [-0.3, -0.25) is 0 Å². The van der Waals surface area contributed by atoms with Crippen molar-refractivity contribution in [2.45, 2.75) is 46.3 Å². The van der Waals surface area contributed by atoms with Crippen LogP contribution in [0.25, 0.3) is 0 Å². The summed E-state index contributed by atoms with van der Waals surface area (Å²) >= 11 is 0. The van der Waals surface area contributed by atoms with Crippen LogP contribution in [0.5, 0.6) is 0 Å². The minimum absolute atomic E-state index is 0.230. The standard InChI is InChI=1S/C10H21NO3/c1-9(2,3)14-8(13)7(12)10(4,5)6-11/h7,12H,6,11H2,1-5H3. The van der Waals surface area contributed by atoms with Crippen LogP contribution >= 0.6 is 0 Å². The van der Waals surface area contributed by atoms with E-state index in [2.05, 4.69) is 0 Å². The van der Waals surface area contributed by atoms with Gasteiger partial charge in [-0.1, -0.05) is 13.8 Å². The smallest absolute Gasteiger partial charge is 0.336 e. The average Bonchev–Trinajstić information content (AvgIpc) is 2.00. The number of aliphatic hydroxyl groups excluding tert-OH is 1. The zero-order chi connectivity index (χ0) is 11.6. The van der Waals surface area contributed by atoms with Gasteiger partial charge in [-0.15, -0.1) is 0 Å². The Hall–Kier alpha value is -0.610. The van der Waals surface area contributed by atoms with Crippen LogP contribution in [-0.2, 0) is 9.53 Å². The van der Waals surface area contributed by atoms with E-state index in [0.717, 1.165) is 0 Å². The van der Waals surface area contributed by atoms with Crippen molar-refractivity contribution >= 4 is 5.97 Å². The number of ether oxygens (including phenoxy) is 1. The Morgan fingerprint density at radius 2 is 1.79 bits per heavy atom. The molecule has 0 aliphatic carbocycles. The van der Waals surface area contributed by atoms with Crippen LogP contribution in [0.2, 0.25) is 0 Å². The second kappa shape index (κ2) is 4.28. The molecule has 0 bridgehead atoms. The van der Waals surface area contributed by atoms with Gasteiger partial charge in [-0.2, -0.15) is 0 Å². The molecule has 0 spiro atoms. The molecule has 1 atom stereocenters. The maximum Gasteiger partial charge on any atom is 0.336 e. The summed E-state index contributed by atoms with van der Waals surface area (Å²) in [6.45, 7) is 8.95. The normalized spacial score (nSPS) is 15.1. The predicted octanol–water partition coefficient (Wildman–Crippen LogP) is 0.674. The van der Waals surface area contributed by atoms with Crippen molar-refractivity contribution in [3.05, 3.63) is 0 Å². The van der Waals surface area contributed by atoms with Gasteiger partial charge in [-0.05, 0) is 20.8 Å². The highest BCUT2D eigenvalue weighted by Crippen LogP contribution is 2.21. The first-order chi connectivity index (χ1) is 6.10. The first-order valence-electron chi connectivity index (χ1n) is 4.71. The molecule has 0 aromatic heterocycles. The molecule has 3 N–H and O–H groups in total. The van der Waals surface area contributed by atoms with Crippen LogP contribution in [0, 0.1) is 5.41 Å². The van der Waals surface area contributed by atoms with Crippen LogP contribution < -0.4 is 5.73 Å². The summed E-state index contributed by atoms with van der Waals surface area (Å²) in [6.07, 6.45) is -1.17. The van der Waals surface area contributed by atoms with E-state index in [0.29, 0.717) is 0 Å². The third-order valence-electron chi connectivity index (χ3n) is 1.90. The highest BCUT2D eigenvalue weighted by Gasteiger charge is 2.35. The molecule has 0 saturated carbocycles. The zero-order valence-electron chi connectivity index (χ0n) is 9.63. The summed E-state index contributed by atoms with van der Waals surface area (Å²) in [6, 6.07) is 0. The van der Waals surface area contributed by atoms with Gasteiger partial charge in [0, 0.05) is 12.0 Å². The van der Waals surface area contributed by atoms with Gasteiger partial charge in [0.05, 0.1) is 0 Å². The van der Waals surface area contributed by atoms with E-state index < -0.39 is 23.1 Å². The van der Waals surface area contributed by atoms with Crippen LogP contribution in [0.3, 0.4) is 0 Å². The van der Waals surface area contributed by atoms with Gasteiger partial charge in [0.25, 0.3) is 0 Å². The fourth-order valence-corrected chi connectivity index (χ4v) is 0.788. The molecular formula is C10H21NO3. The molecule has 0 saturated heterocycles. The molecule has 0 radical (unpaired) electrons. The molecule has 0 aliphatic heterocycles. The van der Waals surface area contributed by atoms with Crippen LogP contribution in [0.1, 0.15) is 34.6 Å². The quantitative estimate of drug-likeness (QED) is 0.661. The molecule has 0 aromatic rings. The number of hydrogen-bond donors (Lipinski definition) is 2. The molecule has 4 nitrogen and oxygen atoms in total. The molecule has 0 rings (SSSR count). The van der Waals surface area contributed by atoms with E-state index in [4.69, 9.17) is 10.5 Å². The lowest BCUT2D eigenvalue weighted by Gasteiger charge is -2.30. The number of nitrogens with two attached hydrogens (primary N) is 1. The topological polar surface area (TPSA) is 72.5 Å². The van der Waals surface area contributed by atoms with Gasteiger partial charge in [-0.25, -0.2) is 4.79 Å². The molecule has 14 heavy (non-hydrogen) atoms. The highest BCUT2D eigenvalue weighted by molar-refractivity contribution is 5.75. The van der Waals surface area contributed by atoms with Gasteiger partial charge in [0.2, 0.25) is 0 Å². The lowest BCUT2D eigenvalue weighted by atomic mass is 9.86. The SMILES string of the molecule is CC(C)(C)OC(=O)C(O)C(C)(C)CN. The number of esters is 1. The fourth-order valence-electron chi connectivity index (χ4n) is 0.788. The van der Waals surface area contributed by atoms with Crippen LogP contribution in [-0.4, -0.2) is 29.3 Å². The van der Waals surface area contributed by atoms with E-state index >= 15 is 0 Å². The maximum absolute atomic E-state index is 11.4. The van der Waals surface area contributed by atoms with Crippen molar-refractivity contribution in [2.75, 3.05) is 6.54 Å². The Morgan fingerprint density at radius 1 is 1.36 bits per heavy atom. The summed E-state index contributed by atoms with van der Waals surface area (Å²) in [5, 5.41) is 9.65. The van der Waals surface area contributed by atoms with E-state index in [1.165, 1.54) is 0 Å². The summed E-state index contributed by atoms with van der Waals surface area (Å²) in [5.74, 6) is -0.618. The summed E-state index contributed by atoms with van der Waals surface area (Å²) in [4.78, 5) is 11.4. The summed E-state index contributed by atoms with van der Waals surface area (Å²) in [7, 11) is 0. The number of carbonyl (C=O) groups is 1. The Labute approximate surface area is 85.4 Å². The Kier molecular flexibility index (Phi) is 4.09. The van der Waals surface area contributed by atoms with E-state index in [9.17, 15) is 9.90 Å². The van der Waals surface area contributed by atoms with Gasteiger partial charge < -0.3 is 15.6 Å². The lowest BCUT2D eigenvalue weighted by Crippen LogP contribution is -2.44. The molecular weight excluding hydrogens is 182 g/mol. The zero-order valence-corrected chi connectivity index (χ0v) is 9.63. The Bertz CT molecular complexity index is 206. The second-order valence-electron chi connectivity index (χ2n) is 5.13. The largest absolute Gasteiger partial charge is 0.458 e. The van der Waals surface area contributed by atoms with E-state index in [-0.39, 0.29) is 6.54 Å². The molecule has 84 valence electrons. The molecule has 0 fully saturated rings. The Balaban J connectivity index is 4.41. The summed E-state index contributed by atoms with van der Waals surface area (Å²) in [5.41, 5.74) is 4.21. The van der Waals surface area contributed by atoms with Crippen molar-refractivity contribution < 1.29 is 14.6 Å². The number of rotatable bonds is 3.